The molecule has 0 radical (unpaired) electrons. The van der Waals surface area contributed by atoms with Gasteiger partial charge in [-0.25, -0.2) is 5.43 Å². The summed E-state index contributed by atoms with van der Waals surface area (Å²) in [6.45, 7) is 4.14. The fourth-order valence-electron chi connectivity index (χ4n) is 2.36. The summed E-state index contributed by atoms with van der Waals surface area (Å²) >= 11 is 0. The van der Waals surface area contributed by atoms with Crippen LogP contribution in [-0.4, -0.2) is 24.2 Å². The minimum atomic E-state index is -0.448. The number of nitrogens with one attached hydrogen (secondary N) is 1. The minimum absolute atomic E-state index is 0.0269. The molecule has 1 N–H and O–H groups in total. The Hall–Kier alpha value is -3.42. The first-order valence-electron chi connectivity index (χ1n) is 8.75. The zero-order valence-electron chi connectivity index (χ0n) is 16.0. The van der Waals surface area contributed by atoms with E-state index in [-0.39, 0.29) is 24.1 Å². The van der Waals surface area contributed by atoms with Crippen LogP contribution >= 0.6 is 0 Å². The van der Waals surface area contributed by atoms with Gasteiger partial charge in [0.15, 0.2) is 11.5 Å². The zero-order chi connectivity index (χ0) is 20.5. The first-order valence-corrected chi connectivity index (χ1v) is 8.75. The molecule has 0 fully saturated rings. The van der Waals surface area contributed by atoms with Crippen LogP contribution in [0.5, 0.6) is 11.5 Å². The van der Waals surface area contributed by atoms with E-state index in [2.05, 4.69) is 10.5 Å². The number of carbonyl (C=O) groups is 1. The Morgan fingerprint density at radius 1 is 1.21 bits per heavy atom. The number of nitro benzene ring substituents is 1. The van der Waals surface area contributed by atoms with E-state index in [1.165, 1.54) is 25.5 Å². The summed E-state index contributed by atoms with van der Waals surface area (Å²) in [5.41, 5.74) is 4.02. The Labute approximate surface area is 163 Å². The van der Waals surface area contributed by atoms with Crippen LogP contribution in [0.4, 0.5) is 5.69 Å². The molecule has 0 aliphatic carbocycles. The minimum Gasteiger partial charge on any atom is -0.493 e. The maximum absolute atomic E-state index is 11.6. The fourth-order valence-corrected chi connectivity index (χ4v) is 2.36. The van der Waals surface area contributed by atoms with Crippen molar-refractivity contribution in [2.75, 3.05) is 7.11 Å². The van der Waals surface area contributed by atoms with E-state index >= 15 is 0 Å². The van der Waals surface area contributed by atoms with Crippen molar-refractivity contribution >= 4 is 17.8 Å². The number of rotatable bonds is 9. The number of hydrogen-bond acceptors (Lipinski definition) is 6. The van der Waals surface area contributed by atoms with Crippen molar-refractivity contribution in [3.8, 4) is 11.5 Å². The number of carbonyl (C=O) groups excluding carboxylic acids is 1. The summed E-state index contributed by atoms with van der Waals surface area (Å²) in [5, 5.41) is 14.7. The standard InChI is InChI=1S/C20H23N3O5/c1-14(2)10-20(24)22-21-12-16-6-9-18(27-3)19(11-16)28-13-15-4-7-17(8-5-15)23(25)26/h4-9,11-12,14H,10,13H2,1-3H3,(H,22,24)/b21-12-. The van der Waals surface area contributed by atoms with Crippen LogP contribution in [0.2, 0.25) is 0 Å². The van der Waals surface area contributed by atoms with Gasteiger partial charge in [0.1, 0.15) is 6.61 Å². The van der Waals surface area contributed by atoms with Crippen LogP contribution in [-0.2, 0) is 11.4 Å². The summed E-state index contributed by atoms with van der Waals surface area (Å²) in [7, 11) is 1.54. The van der Waals surface area contributed by atoms with E-state index in [0.29, 0.717) is 17.9 Å². The SMILES string of the molecule is COc1ccc(/C=N\NC(=O)CC(C)C)cc1OCc1ccc([N+](=O)[O-])cc1. The van der Waals surface area contributed by atoms with Gasteiger partial charge in [0.25, 0.3) is 5.69 Å². The van der Waals surface area contributed by atoms with Gasteiger partial charge in [0, 0.05) is 18.6 Å². The van der Waals surface area contributed by atoms with E-state index < -0.39 is 4.92 Å². The summed E-state index contributed by atoms with van der Waals surface area (Å²) < 4.78 is 11.1. The molecule has 8 nitrogen and oxygen atoms in total. The molecule has 1 amide bonds. The van der Waals surface area contributed by atoms with E-state index in [1.807, 2.05) is 13.8 Å². The molecule has 0 bridgehead atoms. The quantitative estimate of drug-likeness (QED) is 0.403. The molecule has 0 aliphatic rings. The highest BCUT2D eigenvalue weighted by Crippen LogP contribution is 2.28. The Morgan fingerprint density at radius 3 is 2.54 bits per heavy atom. The normalized spacial score (nSPS) is 10.9. The lowest BCUT2D eigenvalue weighted by Gasteiger charge is -2.11. The molecule has 0 aromatic heterocycles. The Morgan fingerprint density at radius 2 is 1.93 bits per heavy atom. The Kier molecular flexibility index (Phi) is 7.50. The lowest BCUT2D eigenvalue weighted by molar-refractivity contribution is -0.384. The van der Waals surface area contributed by atoms with Crippen LogP contribution in [0.1, 0.15) is 31.4 Å². The highest BCUT2D eigenvalue weighted by atomic mass is 16.6. The topological polar surface area (TPSA) is 103 Å². The number of hydrazone groups is 1. The second kappa shape index (κ2) is 10.1. The maximum Gasteiger partial charge on any atom is 0.269 e. The molecular formula is C20H23N3O5. The van der Waals surface area contributed by atoms with Crippen LogP contribution < -0.4 is 14.9 Å². The largest absolute Gasteiger partial charge is 0.493 e. The van der Waals surface area contributed by atoms with Gasteiger partial charge in [-0.05, 0) is 47.4 Å². The highest BCUT2D eigenvalue weighted by molar-refractivity contribution is 5.83. The van der Waals surface area contributed by atoms with Gasteiger partial charge < -0.3 is 9.47 Å². The van der Waals surface area contributed by atoms with Crippen molar-refractivity contribution in [2.24, 2.45) is 11.0 Å². The van der Waals surface area contributed by atoms with Crippen molar-refractivity contribution in [3.63, 3.8) is 0 Å². The molecule has 148 valence electrons. The Bertz CT molecular complexity index is 847. The maximum atomic E-state index is 11.6. The fraction of sp³-hybridized carbons (Fsp3) is 0.300. The van der Waals surface area contributed by atoms with E-state index in [4.69, 9.17) is 9.47 Å². The predicted molar refractivity (Wildman–Crippen MR) is 106 cm³/mol. The molecule has 0 spiro atoms. The molecule has 0 unspecified atom stereocenters. The number of nitro groups is 1. The summed E-state index contributed by atoms with van der Waals surface area (Å²) in [6, 6.07) is 11.4. The van der Waals surface area contributed by atoms with Crippen molar-refractivity contribution < 1.29 is 19.2 Å². The number of ether oxygens (including phenoxy) is 2. The summed E-state index contributed by atoms with van der Waals surface area (Å²) in [4.78, 5) is 21.9. The first kappa shape index (κ1) is 20.9. The van der Waals surface area contributed by atoms with Gasteiger partial charge in [0.05, 0.1) is 18.2 Å². The monoisotopic (exact) mass is 385 g/mol. The molecule has 0 atom stereocenters. The molecule has 0 saturated heterocycles. The molecule has 2 aromatic rings. The predicted octanol–water partition coefficient (Wildman–Crippen LogP) is 3.68. The molecule has 0 aliphatic heterocycles. The second-order valence-corrected chi connectivity index (χ2v) is 6.51. The zero-order valence-corrected chi connectivity index (χ0v) is 16.0. The van der Waals surface area contributed by atoms with Crippen molar-refractivity contribution in [3.05, 3.63) is 63.7 Å². The average molecular weight is 385 g/mol. The van der Waals surface area contributed by atoms with Crippen molar-refractivity contribution in [1.29, 1.82) is 0 Å². The average Bonchev–Trinajstić information content (AvgIpc) is 2.66. The number of hydrogen-bond donors (Lipinski definition) is 1. The summed E-state index contributed by atoms with van der Waals surface area (Å²) in [6.07, 6.45) is 1.93. The van der Waals surface area contributed by atoms with E-state index in [9.17, 15) is 14.9 Å². The lowest BCUT2D eigenvalue weighted by atomic mass is 10.1. The number of non-ortho nitro benzene ring substituents is 1. The Balaban J connectivity index is 2.03. The van der Waals surface area contributed by atoms with Crippen LogP contribution in [0.3, 0.4) is 0 Å². The van der Waals surface area contributed by atoms with Gasteiger partial charge in [0.2, 0.25) is 5.91 Å². The number of methoxy groups -OCH3 is 1. The van der Waals surface area contributed by atoms with Crippen LogP contribution in [0.15, 0.2) is 47.6 Å². The molecule has 0 heterocycles. The number of amides is 1. The van der Waals surface area contributed by atoms with Crippen LogP contribution in [0, 0.1) is 16.0 Å². The van der Waals surface area contributed by atoms with Crippen molar-refractivity contribution in [1.82, 2.24) is 5.43 Å². The van der Waals surface area contributed by atoms with Gasteiger partial charge in [-0.1, -0.05) is 13.8 Å². The highest BCUT2D eigenvalue weighted by Gasteiger charge is 2.08. The van der Waals surface area contributed by atoms with Crippen LogP contribution in [0.25, 0.3) is 0 Å². The van der Waals surface area contributed by atoms with Gasteiger partial charge in [-0.3, -0.25) is 14.9 Å². The van der Waals surface area contributed by atoms with Gasteiger partial charge in [-0.15, -0.1) is 0 Å². The molecule has 2 rings (SSSR count). The van der Waals surface area contributed by atoms with Crippen molar-refractivity contribution in [2.45, 2.75) is 26.9 Å². The molecular weight excluding hydrogens is 362 g/mol. The third kappa shape index (κ3) is 6.39. The van der Waals surface area contributed by atoms with Gasteiger partial charge >= 0.3 is 0 Å². The third-order valence-corrected chi connectivity index (χ3v) is 3.73. The lowest BCUT2D eigenvalue weighted by Crippen LogP contribution is -2.19. The number of benzene rings is 2. The first-order chi connectivity index (χ1) is 13.4. The number of nitrogens with zero attached hydrogens (tertiary/aromatic N) is 2. The molecule has 2 aromatic carbocycles. The molecule has 0 saturated carbocycles. The molecule has 28 heavy (non-hydrogen) atoms. The smallest absolute Gasteiger partial charge is 0.269 e. The van der Waals surface area contributed by atoms with E-state index in [0.717, 1.165) is 11.1 Å². The van der Waals surface area contributed by atoms with E-state index in [1.54, 1.807) is 30.3 Å². The van der Waals surface area contributed by atoms with Gasteiger partial charge in [-0.2, -0.15) is 5.10 Å². The summed E-state index contributed by atoms with van der Waals surface area (Å²) in [5.74, 6) is 1.16. The molecule has 8 heteroatoms. The second-order valence-electron chi connectivity index (χ2n) is 6.51. The third-order valence-electron chi connectivity index (χ3n) is 3.73.